The Hall–Kier alpha value is -1.06. The van der Waals surface area contributed by atoms with Gasteiger partial charge in [-0.25, -0.2) is 0 Å². The van der Waals surface area contributed by atoms with Crippen LogP contribution in [0.25, 0.3) is 0 Å². The van der Waals surface area contributed by atoms with Crippen LogP contribution < -0.4 is 10.1 Å². The zero-order valence-electron chi connectivity index (χ0n) is 10.8. The van der Waals surface area contributed by atoms with Gasteiger partial charge in [0, 0.05) is 0 Å². The van der Waals surface area contributed by atoms with E-state index in [1.807, 2.05) is 19.2 Å². The summed E-state index contributed by atoms with van der Waals surface area (Å²) in [5.41, 5.74) is 1.26. The van der Waals surface area contributed by atoms with Crippen LogP contribution in [-0.4, -0.2) is 26.4 Å². The van der Waals surface area contributed by atoms with Gasteiger partial charge in [0.25, 0.3) is 0 Å². The normalized spacial score (nSPS) is 25.8. The Morgan fingerprint density at radius 3 is 2.47 bits per heavy atom. The average Bonchev–Trinajstić information content (AvgIpc) is 2.78. The summed E-state index contributed by atoms with van der Waals surface area (Å²) >= 11 is 0. The van der Waals surface area contributed by atoms with Crippen LogP contribution in [0.3, 0.4) is 0 Å². The lowest BCUT2D eigenvalue weighted by atomic mass is 9.99. The largest absolute Gasteiger partial charge is 0.497 e. The van der Waals surface area contributed by atoms with Crippen LogP contribution in [0, 0.1) is 0 Å². The van der Waals surface area contributed by atoms with E-state index in [-0.39, 0.29) is 12.1 Å². The first-order chi connectivity index (χ1) is 8.24. The van der Waals surface area contributed by atoms with Gasteiger partial charge in [-0.1, -0.05) is 12.1 Å². The first kappa shape index (κ1) is 12.4. The molecule has 0 aliphatic carbocycles. The molecule has 3 atom stereocenters. The van der Waals surface area contributed by atoms with Crippen LogP contribution in [0.1, 0.15) is 31.4 Å². The predicted molar refractivity (Wildman–Crippen MR) is 68.4 cm³/mol. The van der Waals surface area contributed by atoms with E-state index in [2.05, 4.69) is 24.4 Å². The quantitative estimate of drug-likeness (QED) is 0.870. The molecule has 94 valence electrons. The Balaban J connectivity index is 2.11. The minimum absolute atomic E-state index is 0.269. The van der Waals surface area contributed by atoms with Gasteiger partial charge in [-0.15, -0.1) is 0 Å². The van der Waals surface area contributed by atoms with Crippen molar-refractivity contribution in [1.29, 1.82) is 0 Å². The van der Waals surface area contributed by atoms with Crippen LogP contribution in [0.2, 0.25) is 0 Å². The molecule has 1 aliphatic heterocycles. The van der Waals surface area contributed by atoms with E-state index in [4.69, 9.17) is 9.47 Å². The van der Waals surface area contributed by atoms with E-state index in [0.29, 0.717) is 6.10 Å². The van der Waals surface area contributed by atoms with Crippen molar-refractivity contribution in [3.05, 3.63) is 29.8 Å². The standard InChI is InChI=1S/C14H21NO2/c1-10-4-9-13(17-10)14(15-2)11-5-7-12(16-3)8-6-11/h5-8,10,13-15H,4,9H2,1-3H3. The lowest BCUT2D eigenvalue weighted by molar-refractivity contribution is 0.0333. The van der Waals surface area contributed by atoms with E-state index in [1.54, 1.807) is 7.11 Å². The molecule has 1 aromatic carbocycles. The second kappa shape index (κ2) is 5.52. The minimum Gasteiger partial charge on any atom is -0.497 e. The summed E-state index contributed by atoms with van der Waals surface area (Å²) in [6, 6.07) is 8.47. The van der Waals surface area contributed by atoms with Gasteiger partial charge in [-0.3, -0.25) is 0 Å². The number of hydrogen-bond donors (Lipinski definition) is 1. The molecule has 3 heteroatoms. The fourth-order valence-corrected chi connectivity index (χ4v) is 2.46. The second-order valence-electron chi connectivity index (χ2n) is 4.60. The molecule has 17 heavy (non-hydrogen) atoms. The van der Waals surface area contributed by atoms with Gasteiger partial charge in [0.05, 0.1) is 25.4 Å². The number of nitrogens with one attached hydrogen (secondary N) is 1. The number of benzene rings is 1. The fraction of sp³-hybridized carbons (Fsp3) is 0.571. The van der Waals surface area contributed by atoms with Crippen LogP contribution in [0.15, 0.2) is 24.3 Å². The third kappa shape index (κ3) is 2.79. The lowest BCUT2D eigenvalue weighted by Crippen LogP contribution is -2.29. The summed E-state index contributed by atoms with van der Waals surface area (Å²) in [5.74, 6) is 0.893. The molecule has 1 heterocycles. The Morgan fingerprint density at radius 2 is 2.00 bits per heavy atom. The summed E-state index contributed by atoms with van der Waals surface area (Å²) in [5, 5.41) is 3.35. The Kier molecular flexibility index (Phi) is 4.02. The number of ether oxygens (including phenoxy) is 2. The minimum atomic E-state index is 0.269. The molecule has 0 aromatic heterocycles. The molecule has 1 fully saturated rings. The van der Waals surface area contributed by atoms with Gasteiger partial charge in [0.1, 0.15) is 5.75 Å². The molecule has 0 amide bonds. The average molecular weight is 235 g/mol. The summed E-state index contributed by atoms with van der Waals surface area (Å²) in [6.45, 7) is 2.14. The van der Waals surface area contributed by atoms with Crippen molar-refractivity contribution in [1.82, 2.24) is 5.32 Å². The SMILES string of the molecule is CNC(c1ccc(OC)cc1)C1CCC(C)O1. The Bertz CT molecular complexity index is 350. The van der Waals surface area contributed by atoms with Crippen molar-refractivity contribution in [2.24, 2.45) is 0 Å². The Labute approximate surface area is 103 Å². The number of likely N-dealkylation sites (N-methyl/N-ethyl adjacent to an activating group) is 1. The maximum absolute atomic E-state index is 5.93. The van der Waals surface area contributed by atoms with Crippen molar-refractivity contribution in [3.63, 3.8) is 0 Å². The zero-order chi connectivity index (χ0) is 12.3. The molecule has 1 aliphatic rings. The predicted octanol–water partition coefficient (Wildman–Crippen LogP) is 2.52. The highest BCUT2D eigenvalue weighted by Crippen LogP contribution is 2.30. The summed E-state index contributed by atoms with van der Waals surface area (Å²) < 4.78 is 11.1. The monoisotopic (exact) mass is 235 g/mol. The number of hydrogen-bond acceptors (Lipinski definition) is 3. The van der Waals surface area contributed by atoms with E-state index in [0.717, 1.165) is 18.6 Å². The summed E-state index contributed by atoms with van der Waals surface area (Å²) in [7, 11) is 3.67. The van der Waals surface area contributed by atoms with Crippen LogP contribution in [0.4, 0.5) is 0 Å². The molecular weight excluding hydrogens is 214 g/mol. The van der Waals surface area contributed by atoms with Crippen molar-refractivity contribution in [2.45, 2.75) is 38.0 Å². The van der Waals surface area contributed by atoms with Crippen molar-refractivity contribution in [3.8, 4) is 5.75 Å². The first-order valence-electron chi connectivity index (χ1n) is 6.21. The highest BCUT2D eigenvalue weighted by molar-refractivity contribution is 5.29. The first-order valence-corrected chi connectivity index (χ1v) is 6.21. The molecule has 0 radical (unpaired) electrons. The third-order valence-electron chi connectivity index (χ3n) is 3.42. The summed E-state index contributed by atoms with van der Waals surface area (Å²) in [6.07, 6.45) is 2.94. The molecule has 3 unspecified atom stereocenters. The lowest BCUT2D eigenvalue weighted by Gasteiger charge is -2.23. The van der Waals surface area contributed by atoms with E-state index >= 15 is 0 Å². The van der Waals surface area contributed by atoms with Gasteiger partial charge in [-0.2, -0.15) is 0 Å². The van der Waals surface area contributed by atoms with Gasteiger partial charge < -0.3 is 14.8 Å². The topological polar surface area (TPSA) is 30.5 Å². The van der Waals surface area contributed by atoms with Crippen LogP contribution in [0.5, 0.6) is 5.75 Å². The van der Waals surface area contributed by atoms with Gasteiger partial charge in [0.2, 0.25) is 0 Å². The van der Waals surface area contributed by atoms with Gasteiger partial charge in [-0.05, 0) is 44.5 Å². The molecule has 0 spiro atoms. The molecule has 1 aromatic rings. The molecule has 2 rings (SSSR count). The smallest absolute Gasteiger partial charge is 0.118 e. The fourth-order valence-electron chi connectivity index (χ4n) is 2.46. The van der Waals surface area contributed by atoms with Crippen molar-refractivity contribution >= 4 is 0 Å². The maximum Gasteiger partial charge on any atom is 0.118 e. The number of methoxy groups -OCH3 is 1. The molecule has 3 nitrogen and oxygen atoms in total. The third-order valence-corrected chi connectivity index (χ3v) is 3.42. The van der Waals surface area contributed by atoms with Crippen LogP contribution in [-0.2, 0) is 4.74 Å². The second-order valence-corrected chi connectivity index (χ2v) is 4.60. The molecule has 0 bridgehead atoms. The highest BCUT2D eigenvalue weighted by Gasteiger charge is 2.29. The van der Waals surface area contributed by atoms with E-state index in [9.17, 15) is 0 Å². The highest BCUT2D eigenvalue weighted by atomic mass is 16.5. The molecule has 1 saturated heterocycles. The Morgan fingerprint density at radius 1 is 1.29 bits per heavy atom. The van der Waals surface area contributed by atoms with Crippen LogP contribution >= 0.6 is 0 Å². The number of rotatable bonds is 4. The molecule has 1 N–H and O–H groups in total. The zero-order valence-corrected chi connectivity index (χ0v) is 10.8. The van der Waals surface area contributed by atoms with Crippen molar-refractivity contribution < 1.29 is 9.47 Å². The molecular formula is C14H21NO2. The van der Waals surface area contributed by atoms with E-state index < -0.39 is 0 Å². The van der Waals surface area contributed by atoms with E-state index in [1.165, 1.54) is 5.56 Å². The maximum atomic E-state index is 5.93. The van der Waals surface area contributed by atoms with Gasteiger partial charge >= 0.3 is 0 Å². The van der Waals surface area contributed by atoms with Gasteiger partial charge in [0.15, 0.2) is 0 Å². The summed E-state index contributed by atoms with van der Waals surface area (Å²) in [4.78, 5) is 0. The molecule has 0 saturated carbocycles. The van der Waals surface area contributed by atoms with Crippen molar-refractivity contribution in [2.75, 3.05) is 14.2 Å².